The van der Waals surface area contributed by atoms with Crippen LogP contribution < -0.4 is 35.4 Å². The third kappa shape index (κ3) is 52.2. The molecule has 0 spiro atoms. The fourth-order valence-corrected chi connectivity index (χ4v) is 1.11. The summed E-state index contributed by atoms with van der Waals surface area (Å²) in [5.41, 5.74) is 0. The summed E-state index contributed by atoms with van der Waals surface area (Å²) in [6.45, 7) is 5.94. The van der Waals surface area contributed by atoms with Crippen LogP contribution in [0.5, 0.6) is 0 Å². The van der Waals surface area contributed by atoms with Crippen molar-refractivity contribution in [2.24, 2.45) is 0 Å². The van der Waals surface area contributed by atoms with Crippen molar-refractivity contribution >= 4 is 33.4 Å². The van der Waals surface area contributed by atoms with E-state index in [0.717, 1.165) is 39.3 Å². The fourth-order valence-electron chi connectivity index (χ4n) is 0.939. The van der Waals surface area contributed by atoms with Crippen molar-refractivity contribution in [2.75, 3.05) is 64.3 Å². The normalized spacial score (nSPS) is 15.2. The van der Waals surface area contributed by atoms with Gasteiger partial charge in [0.15, 0.2) is 0 Å². The Labute approximate surface area is 164 Å². The van der Waals surface area contributed by atoms with Crippen LogP contribution in [0.2, 0.25) is 0 Å². The summed E-state index contributed by atoms with van der Waals surface area (Å²) in [5.74, 6) is 0. The largest absolute Gasteiger partial charge is 2.00 e. The molecular formula is C10H26Cl3N3O2RuS2. The first-order valence-corrected chi connectivity index (χ1v) is 9.95. The molecule has 21 heavy (non-hydrogen) atoms. The zero-order valence-corrected chi connectivity index (χ0v) is 18.4. The van der Waals surface area contributed by atoms with Gasteiger partial charge in [-0.25, -0.2) is 4.42 Å². The first-order chi connectivity index (χ1) is 8.36. The van der Waals surface area contributed by atoms with Crippen LogP contribution in [0.25, 0.3) is 0 Å². The van der Waals surface area contributed by atoms with E-state index in [9.17, 15) is 8.42 Å². The number of hydrogen-bond acceptors (Lipinski definition) is 5. The molecule has 2 N–H and O–H groups in total. The Morgan fingerprint density at radius 2 is 1.05 bits per heavy atom. The maximum Gasteiger partial charge on any atom is 2.00 e. The number of nitrogens with zero attached hydrogens (tertiary/aromatic N) is 1. The molecule has 0 amide bonds. The van der Waals surface area contributed by atoms with Gasteiger partial charge in [-0.05, 0) is 11.8 Å². The minimum absolute atomic E-state index is 0. The van der Waals surface area contributed by atoms with Crippen molar-refractivity contribution in [2.45, 2.75) is 0 Å². The molecule has 1 aliphatic rings. The predicted octanol–water partition coefficient (Wildman–Crippen LogP) is -6.37. The average Bonchev–Trinajstić information content (AvgIpc) is 2.30. The molecule has 1 saturated heterocycles. The average molecular weight is 492 g/mol. The molecule has 11 heteroatoms. The molecule has 5 nitrogen and oxygen atoms in total. The zero-order chi connectivity index (χ0) is 14.4. The minimum Gasteiger partial charge on any atom is -1.00 e. The first kappa shape index (κ1) is 34.1. The Morgan fingerprint density at radius 1 is 0.810 bits per heavy atom. The van der Waals surface area contributed by atoms with Crippen LogP contribution in [0, 0.1) is 0 Å². The predicted molar refractivity (Wildman–Crippen MR) is 83.1 cm³/mol. The standard InChI is InChI=1S/C6H14ClN3.2C2H6OS.2ClH.Ru/c7-10-5-3-8-1-2-9-4-6-10;2*1-4(2)3;;;/h8-9H,1-6H2;2*1-2H3;2*1H;/q;;;;;+2/p-2. The van der Waals surface area contributed by atoms with Crippen molar-refractivity contribution in [1.82, 2.24) is 15.1 Å². The van der Waals surface area contributed by atoms with Gasteiger partial charge in [-0.2, -0.15) is 0 Å². The minimum atomic E-state index is -0.611. The SMILES string of the molecule is CS(C)=O.CS(C)=O.ClN1CCNCCNCC1.[Cl-].[Cl-].[Ru+2]. The van der Waals surface area contributed by atoms with Crippen molar-refractivity contribution in [3.8, 4) is 0 Å². The molecule has 0 radical (unpaired) electrons. The Balaban J connectivity index is -0.0000000673. The van der Waals surface area contributed by atoms with Crippen LogP contribution in [0.3, 0.4) is 0 Å². The van der Waals surface area contributed by atoms with Gasteiger partial charge in [-0.15, -0.1) is 0 Å². The topological polar surface area (TPSA) is 61.4 Å². The summed E-state index contributed by atoms with van der Waals surface area (Å²) in [6.07, 6.45) is 6.56. The van der Waals surface area contributed by atoms with Crippen LogP contribution in [-0.4, -0.2) is 77.1 Å². The molecule has 0 aromatic carbocycles. The molecule has 1 fully saturated rings. The number of nitrogens with one attached hydrogen (secondary N) is 2. The third-order valence-corrected chi connectivity index (χ3v) is 1.88. The molecule has 1 heterocycles. The van der Waals surface area contributed by atoms with Crippen LogP contribution in [-0.2, 0) is 41.1 Å². The van der Waals surface area contributed by atoms with Gasteiger partial charge in [-0.3, -0.25) is 8.42 Å². The van der Waals surface area contributed by atoms with E-state index in [1.165, 1.54) is 0 Å². The molecule has 0 atom stereocenters. The Hall–Kier alpha value is 1.67. The smallest absolute Gasteiger partial charge is 1.00 e. The van der Waals surface area contributed by atoms with E-state index < -0.39 is 21.6 Å². The summed E-state index contributed by atoms with van der Waals surface area (Å²) < 4.78 is 20.9. The molecule has 0 unspecified atom stereocenters. The van der Waals surface area contributed by atoms with Crippen LogP contribution in [0.15, 0.2) is 0 Å². The Bertz CT molecular complexity index is 216. The molecule has 0 aliphatic carbocycles. The number of rotatable bonds is 0. The first-order valence-electron chi connectivity index (χ1n) is 5.68. The molecule has 1 aliphatic heterocycles. The van der Waals surface area contributed by atoms with Gasteiger partial charge in [0.25, 0.3) is 0 Å². The van der Waals surface area contributed by atoms with E-state index in [1.54, 1.807) is 25.0 Å². The molecule has 0 aromatic rings. The van der Waals surface area contributed by atoms with Crippen LogP contribution >= 0.6 is 11.8 Å². The van der Waals surface area contributed by atoms with Gasteiger partial charge < -0.3 is 35.4 Å². The van der Waals surface area contributed by atoms with E-state index in [0.29, 0.717) is 0 Å². The van der Waals surface area contributed by atoms with Gasteiger partial charge in [0.05, 0.1) is 0 Å². The summed E-state index contributed by atoms with van der Waals surface area (Å²) in [4.78, 5) is 0. The monoisotopic (exact) mass is 491 g/mol. The second-order valence-corrected chi connectivity index (χ2v) is 7.34. The fraction of sp³-hybridized carbons (Fsp3) is 1.00. The van der Waals surface area contributed by atoms with Crippen LogP contribution in [0.1, 0.15) is 0 Å². The van der Waals surface area contributed by atoms with Gasteiger partial charge in [0.2, 0.25) is 0 Å². The van der Waals surface area contributed by atoms with E-state index in [-0.39, 0.29) is 44.3 Å². The summed E-state index contributed by atoms with van der Waals surface area (Å²) in [6, 6.07) is 0. The number of halogens is 3. The molecule has 134 valence electrons. The second-order valence-electron chi connectivity index (χ2n) is 3.89. The van der Waals surface area contributed by atoms with Gasteiger partial charge in [0, 0.05) is 85.9 Å². The van der Waals surface area contributed by atoms with E-state index >= 15 is 0 Å². The second kappa shape index (κ2) is 26.6. The van der Waals surface area contributed by atoms with Crippen molar-refractivity contribution in [3.63, 3.8) is 0 Å². The quantitative estimate of drug-likeness (QED) is 0.261. The molecule has 1 rings (SSSR count). The third-order valence-electron chi connectivity index (χ3n) is 1.54. The van der Waals surface area contributed by atoms with E-state index in [1.807, 2.05) is 4.42 Å². The maximum atomic E-state index is 9.56. The summed E-state index contributed by atoms with van der Waals surface area (Å²) in [7, 11) is -1.22. The van der Waals surface area contributed by atoms with Crippen molar-refractivity contribution in [3.05, 3.63) is 0 Å². The zero-order valence-electron chi connectivity index (χ0n) is 12.8. The summed E-state index contributed by atoms with van der Waals surface area (Å²) >= 11 is 5.82. The summed E-state index contributed by atoms with van der Waals surface area (Å²) in [5, 5.41) is 6.54. The molecule has 0 bridgehead atoms. The number of hydrogen-bond donors (Lipinski definition) is 2. The molecule has 0 aromatic heterocycles. The Kier molecular flexibility index (Phi) is 43.1. The van der Waals surface area contributed by atoms with Gasteiger partial charge in [0.1, 0.15) is 0 Å². The molecular weight excluding hydrogens is 466 g/mol. The molecule has 0 saturated carbocycles. The van der Waals surface area contributed by atoms with Crippen LogP contribution in [0.4, 0.5) is 0 Å². The van der Waals surface area contributed by atoms with E-state index in [4.69, 9.17) is 11.8 Å². The van der Waals surface area contributed by atoms with Gasteiger partial charge >= 0.3 is 19.5 Å². The van der Waals surface area contributed by atoms with E-state index in [2.05, 4.69) is 10.6 Å². The van der Waals surface area contributed by atoms with Gasteiger partial charge in [-0.1, -0.05) is 0 Å². The Morgan fingerprint density at radius 3 is 1.29 bits per heavy atom. The van der Waals surface area contributed by atoms with Crippen molar-refractivity contribution < 1.29 is 52.7 Å². The van der Waals surface area contributed by atoms with Crippen molar-refractivity contribution in [1.29, 1.82) is 0 Å². The maximum absolute atomic E-state index is 9.56.